The third-order valence-corrected chi connectivity index (χ3v) is 4.00. The van der Waals surface area contributed by atoms with Gasteiger partial charge in [0.1, 0.15) is 4.71 Å². The van der Waals surface area contributed by atoms with E-state index in [0.29, 0.717) is 5.56 Å². The van der Waals surface area contributed by atoms with Gasteiger partial charge in [0.05, 0.1) is 12.3 Å². The van der Waals surface area contributed by atoms with Gasteiger partial charge in [0.2, 0.25) is 0 Å². The number of thioether (sulfide) groups is 1. The molecule has 1 aliphatic heterocycles. The average Bonchev–Trinajstić information content (AvgIpc) is 2.64. The van der Waals surface area contributed by atoms with Crippen LogP contribution in [0.25, 0.3) is 0 Å². The van der Waals surface area contributed by atoms with Gasteiger partial charge in [-0.2, -0.15) is 0 Å². The van der Waals surface area contributed by atoms with E-state index >= 15 is 0 Å². The van der Waals surface area contributed by atoms with Crippen molar-refractivity contribution in [2.45, 2.75) is 21.9 Å². The quantitative estimate of drug-likeness (QED) is 0.634. The van der Waals surface area contributed by atoms with Crippen molar-refractivity contribution in [3.63, 3.8) is 0 Å². The molecule has 0 spiro atoms. The van der Waals surface area contributed by atoms with Crippen LogP contribution in [-0.4, -0.2) is 26.9 Å². The molecule has 0 fully saturated rings. The standard InChI is InChI=1S/C11H11NO4S2/c13-9(14)4-6(10(15)16)5-1-2-8-7(3-5)12-11(17)18-8/h1-3,6,11-12,17H,4H2,(H,13,14)(H,15,16)/t6-,11+/m0/s1. The van der Waals surface area contributed by atoms with Gasteiger partial charge >= 0.3 is 11.9 Å². The van der Waals surface area contributed by atoms with Crippen molar-refractivity contribution in [3.05, 3.63) is 23.8 Å². The molecule has 7 heteroatoms. The molecular weight excluding hydrogens is 274 g/mol. The van der Waals surface area contributed by atoms with Crippen LogP contribution in [0.3, 0.4) is 0 Å². The van der Waals surface area contributed by atoms with Crippen LogP contribution in [0.1, 0.15) is 17.9 Å². The second-order valence-corrected chi connectivity index (χ2v) is 5.87. The smallest absolute Gasteiger partial charge is 0.311 e. The fourth-order valence-corrected chi connectivity index (χ4v) is 3.08. The highest BCUT2D eigenvalue weighted by Crippen LogP contribution is 2.41. The van der Waals surface area contributed by atoms with Crippen molar-refractivity contribution in [2.24, 2.45) is 0 Å². The van der Waals surface area contributed by atoms with Crippen LogP contribution < -0.4 is 5.32 Å². The summed E-state index contributed by atoms with van der Waals surface area (Å²) in [6, 6.07) is 5.12. The number of fused-ring (bicyclic) bond motifs is 1. The molecule has 2 atom stereocenters. The van der Waals surface area contributed by atoms with E-state index in [9.17, 15) is 9.59 Å². The highest BCUT2D eigenvalue weighted by molar-refractivity contribution is 8.10. The highest BCUT2D eigenvalue weighted by Gasteiger charge is 2.26. The van der Waals surface area contributed by atoms with Gasteiger partial charge in [-0.05, 0) is 17.7 Å². The van der Waals surface area contributed by atoms with Gasteiger partial charge in [0.25, 0.3) is 0 Å². The number of anilines is 1. The molecule has 0 unspecified atom stereocenters. The van der Waals surface area contributed by atoms with Gasteiger partial charge in [0, 0.05) is 10.6 Å². The Kier molecular flexibility index (Phi) is 3.72. The molecule has 96 valence electrons. The van der Waals surface area contributed by atoms with Crippen LogP contribution in [-0.2, 0) is 9.59 Å². The Morgan fingerprint density at radius 3 is 2.78 bits per heavy atom. The maximum absolute atomic E-state index is 11.1. The minimum Gasteiger partial charge on any atom is -0.481 e. The molecule has 18 heavy (non-hydrogen) atoms. The normalized spacial score (nSPS) is 18.8. The SMILES string of the molecule is O=C(O)C[C@H](C(=O)O)c1ccc2c(c1)N[C@H](S)S2. The van der Waals surface area contributed by atoms with Crippen molar-refractivity contribution in [2.75, 3.05) is 5.32 Å². The predicted molar refractivity (Wildman–Crippen MR) is 71.3 cm³/mol. The zero-order valence-corrected chi connectivity index (χ0v) is 10.9. The van der Waals surface area contributed by atoms with E-state index in [-0.39, 0.29) is 4.71 Å². The summed E-state index contributed by atoms with van der Waals surface area (Å²) in [5.74, 6) is -3.29. The lowest BCUT2D eigenvalue weighted by Gasteiger charge is -2.11. The Morgan fingerprint density at radius 2 is 2.17 bits per heavy atom. The molecule has 0 aliphatic carbocycles. The van der Waals surface area contributed by atoms with E-state index in [1.54, 1.807) is 18.2 Å². The fraction of sp³-hybridized carbons (Fsp3) is 0.273. The Bertz CT molecular complexity index is 506. The molecular formula is C11H11NO4S2. The number of thiol groups is 1. The van der Waals surface area contributed by atoms with Gasteiger partial charge in [0.15, 0.2) is 0 Å². The zero-order valence-electron chi connectivity index (χ0n) is 9.16. The average molecular weight is 285 g/mol. The van der Waals surface area contributed by atoms with Gasteiger partial charge in [-0.25, -0.2) is 0 Å². The fourth-order valence-electron chi connectivity index (χ4n) is 1.79. The van der Waals surface area contributed by atoms with E-state index in [2.05, 4.69) is 17.9 Å². The molecule has 1 aromatic rings. The first-order valence-corrected chi connectivity index (χ1v) is 6.57. The van der Waals surface area contributed by atoms with Gasteiger partial charge in [-0.15, -0.1) is 12.6 Å². The second-order valence-electron chi connectivity index (χ2n) is 3.86. The summed E-state index contributed by atoms with van der Waals surface area (Å²) in [6.07, 6.45) is -0.425. The third-order valence-electron chi connectivity index (χ3n) is 2.60. The molecule has 5 nitrogen and oxygen atoms in total. The van der Waals surface area contributed by atoms with Crippen molar-refractivity contribution in [3.8, 4) is 0 Å². The molecule has 0 saturated carbocycles. The number of aliphatic carboxylic acids is 2. The van der Waals surface area contributed by atoms with E-state index < -0.39 is 24.3 Å². The summed E-state index contributed by atoms with van der Waals surface area (Å²) >= 11 is 5.78. The Hall–Kier alpha value is -1.34. The molecule has 1 heterocycles. The van der Waals surface area contributed by atoms with Gasteiger partial charge < -0.3 is 15.5 Å². The minimum atomic E-state index is -1.13. The van der Waals surface area contributed by atoms with Crippen LogP contribution in [0, 0.1) is 0 Å². The number of carbonyl (C=O) groups is 2. The summed E-state index contributed by atoms with van der Waals surface area (Å²) < 4.78 is -0.0574. The number of nitrogens with one attached hydrogen (secondary N) is 1. The van der Waals surface area contributed by atoms with E-state index in [0.717, 1.165) is 10.6 Å². The van der Waals surface area contributed by atoms with Gasteiger partial charge in [-0.3, -0.25) is 9.59 Å². The molecule has 0 aromatic heterocycles. The lowest BCUT2D eigenvalue weighted by atomic mass is 9.95. The predicted octanol–water partition coefficient (Wildman–Crippen LogP) is 2.06. The van der Waals surface area contributed by atoms with E-state index in [1.807, 2.05) is 0 Å². The number of carboxylic acids is 2. The summed E-state index contributed by atoms with van der Waals surface area (Å²) in [6.45, 7) is 0. The van der Waals surface area contributed by atoms with Crippen LogP contribution >= 0.6 is 24.4 Å². The Morgan fingerprint density at radius 1 is 1.44 bits per heavy atom. The number of rotatable bonds is 4. The van der Waals surface area contributed by atoms with Crippen molar-refractivity contribution >= 4 is 42.0 Å². The highest BCUT2D eigenvalue weighted by atomic mass is 32.2. The van der Waals surface area contributed by atoms with Crippen molar-refractivity contribution in [1.82, 2.24) is 0 Å². The maximum atomic E-state index is 11.1. The maximum Gasteiger partial charge on any atom is 0.311 e. The molecule has 2 rings (SSSR count). The minimum absolute atomic E-state index is 0.0574. The molecule has 0 bridgehead atoms. The lowest BCUT2D eigenvalue weighted by Crippen LogP contribution is -2.16. The van der Waals surface area contributed by atoms with Gasteiger partial charge in [-0.1, -0.05) is 17.8 Å². The molecule has 0 amide bonds. The number of benzene rings is 1. The number of carboxylic acid groups (broad SMARTS) is 2. The molecule has 1 aliphatic rings. The van der Waals surface area contributed by atoms with Crippen LogP contribution in [0.2, 0.25) is 0 Å². The first-order chi connectivity index (χ1) is 8.47. The van der Waals surface area contributed by atoms with E-state index in [1.165, 1.54) is 11.8 Å². The van der Waals surface area contributed by atoms with E-state index in [4.69, 9.17) is 10.2 Å². The molecule has 0 saturated heterocycles. The molecule has 0 radical (unpaired) electrons. The largest absolute Gasteiger partial charge is 0.481 e. The van der Waals surface area contributed by atoms with Crippen molar-refractivity contribution in [1.29, 1.82) is 0 Å². The van der Waals surface area contributed by atoms with Crippen LogP contribution in [0.5, 0.6) is 0 Å². The first kappa shape index (κ1) is 13.1. The summed E-state index contributed by atoms with van der Waals surface area (Å²) in [4.78, 5) is 22.8. The summed E-state index contributed by atoms with van der Waals surface area (Å²) in [5.41, 5.74) is 1.29. The number of hydrogen-bond acceptors (Lipinski definition) is 5. The third kappa shape index (κ3) is 2.73. The molecule has 3 N–H and O–H groups in total. The van der Waals surface area contributed by atoms with Crippen LogP contribution in [0.15, 0.2) is 23.1 Å². The first-order valence-electron chi connectivity index (χ1n) is 5.17. The topological polar surface area (TPSA) is 86.6 Å². The summed E-state index contributed by atoms with van der Waals surface area (Å²) in [5, 5.41) is 20.9. The lowest BCUT2D eigenvalue weighted by molar-refractivity contribution is -0.145. The van der Waals surface area contributed by atoms with Crippen LogP contribution in [0.4, 0.5) is 5.69 Å². The zero-order chi connectivity index (χ0) is 13.3. The second kappa shape index (κ2) is 5.11. The summed E-state index contributed by atoms with van der Waals surface area (Å²) in [7, 11) is 0. The molecule has 1 aromatic carbocycles. The van der Waals surface area contributed by atoms with Crippen molar-refractivity contribution < 1.29 is 19.8 Å². The number of hydrogen-bond donors (Lipinski definition) is 4. The Balaban J connectivity index is 2.29. The monoisotopic (exact) mass is 285 g/mol. The Labute approximate surface area is 113 Å².